The van der Waals surface area contributed by atoms with Crippen molar-refractivity contribution in [1.82, 2.24) is 9.88 Å². The van der Waals surface area contributed by atoms with Gasteiger partial charge in [-0.1, -0.05) is 0 Å². The van der Waals surface area contributed by atoms with E-state index in [1.807, 2.05) is 6.20 Å². The molecule has 112 valence electrons. The van der Waals surface area contributed by atoms with Crippen LogP contribution in [0.25, 0.3) is 10.8 Å². The zero-order valence-electron chi connectivity index (χ0n) is 13.0. The fourth-order valence-electron chi connectivity index (χ4n) is 2.88. The summed E-state index contributed by atoms with van der Waals surface area (Å²) in [6, 6.07) is 8.70. The highest BCUT2D eigenvalue weighted by Crippen LogP contribution is 2.28. The van der Waals surface area contributed by atoms with Gasteiger partial charge in [-0.25, -0.2) is 4.98 Å². The van der Waals surface area contributed by atoms with Crippen molar-refractivity contribution >= 4 is 22.3 Å². The molecule has 0 aliphatic carbocycles. The summed E-state index contributed by atoms with van der Waals surface area (Å²) < 4.78 is 0. The van der Waals surface area contributed by atoms with Crippen LogP contribution in [0.15, 0.2) is 30.5 Å². The zero-order chi connectivity index (χ0) is 14.7. The van der Waals surface area contributed by atoms with E-state index in [0.717, 1.165) is 32.0 Å². The van der Waals surface area contributed by atoms with Crippen LogP contribution in [0, 0.1) is 0 Å². The largest absolute Gasteiger partial charge is 0.384 e. The van der Waals surface area contributed by atoms with E-state index in [2.05, 4.69) is 58.5 Å². The number of aromatic nitrogens is 1. The summed E-state index contributed by atoms with van der Waals surface area (Å²) in [5, 5.41) is 6.01. The molecule has 4 heteroatoms. The smallest absolute Gasteiger partial charge is 0.136 e. The van der Waals surface area contributed by atoms with Crippen molar-refractivity contribution in [1.29, 1.82) is 0 Å². The maximum Gasteiger partial charge on any atom is 0.136 e. The number of anilines is 2. The summed E-state index contributed by atoms with van der Waals surface area (Å²) in [6.45, 7) is 4.26. The highest BCUT2D eigenvalue weighted by molar-refractivity contribution is 5.94. The number of benzene rings is 1. The van der Waals surface area contributed by atoms with Gasteiger partial charge in [0.25, 0.3) is 0 Å². The molecule has 0 unspecified atom stereocenters. The van der Waals surface area contributed by atoms with E-state index in [9.17, 15) is 0 Å². The molecule has 0 atom stereocenters. The first-order valence-electron chi connectivity index (χ1n) is 7.76. The normalized spacial score (nSPS) is 15.1. The Morgan fingerprint density at radius 3 is 2.76 bits per heavy atom. The summed E-state index contributed by atoms with van der Waals surface area (Å²) in [4.78, 5) is 9.19. The third-order valence-corrected chi connectivity index (χ3v) is 4.04. The van der Waals surface area contributed by atoms with E-state index in [-0.39, 0.29) is 0 Å². The van der Waals surface area contributed by atoms with Crippen LogP contribution < -0.4 is 10.2 Å². The van der Waals surface area contributed by atoms with Gasteiger partial charge in [0.05, 0.1) is 0 Å². The average Bonchev–Trinajstić information content (AvgIpc) is 3.00. The van der Waals surface area contributed by atoms with E-state index < -0.39 is 0 Å². The molecule has 1 aromatic heterocycles. The van der Waals surface area contributed by atoms with Gasteiger partial charge in [0, 0.05) is 43.4 Å². The van der Waals surface area contributed by atoms with Crippen LogP contribution in [0.4, 0.5) is 11.5 Å². The predicted octanol–water partition coefficient (Wildman–Crippen LogP) is 2.81. The second kappa shape index (κ2) is 6.31. The number of rotatable bonds is 5. The molecule has 1 saturated heterocycles. The Hall–Kier alpha value is -1.81. The van der Waals surface area contributed by atoms with Crippen molar-refractivity contribution in [2.45, 2.75) is 12.8 Å². The van der Waals surface area contributed by atoms with Gasteiger partial charge < -0.3 is 15.1 Å². The number of pyridine rings is 1. The average molecular weight is 284 g/mol. The molecular weight excluding hydrogens is 260 g/mol. The lowest BCUT2D eigenvalue weighted by Gasteiger charge is -2.19. The minimum absolute atomic E-state index is 0.961. The molecule has 4 nitrogen and oxygen atoms in total. The number of fused-ring (bicyclic) bond motifs is 1. The Morgan fingerprint density at radius 2 is 2.00 bits per heavy atom. The number of nitrogens with one attached hydrogen (secondary N) is 1. The Labute approximate surface area is 126 Å². The van der Waals surface area contributed by atoms with Crippen molar-refractivity contribution < 1.29 is 0 Å². The molecule has 0 saturated carbocycles. The minimum atomic E-state index is 0.961. The van der Waals surface area contributed by atoms with Gasteiger partial charge in [0.15, 0.2) is 0 Å². The van der Waals surface area contributed by atoms with Crippen LogP contribution in [0.3, 0.4) is 0 Å². The third kappa shape index (κ3) is 3.27. The van der Waals surface area contributed by atoms with Gasteiger partial charge in [-0.3, -0.25) is 0 Å². The van der Waals surface area contributed by atoms with Gasteiger partial charge in [-0.2, -0.15) is 0 Å². The van der Waals surface area contributed by atoms with E-state index in [0.29, 0.717) is 0 Å². The quantitative estimate of drug-likeness (QED) is 0.915. The van der Waals surface area contributed by atoms with Gasteiger partial charge >= 0.3 is 0 Å². The Bertz CT molecular complexity index is 603. The van der Waals surface area contributed by atoms with Crippen LogP contribution in [0.1, 0.15) is 12.8 Å². The first kappa shape index (κ1) is 14.1. The van der Waals surface area contributed by atoms with Crippen molar-refractivity contribution in [3.05, 3.63) is 30.5 Å². The molecule has 2 aromatic rings. The topological polar surface area (TPSA) is 31.4 Å². The monoisotopic (exact) mass is 284 g/mol. The van der Waals surface area contributed by atoms with E-state index in [1.165, 1.54) is 29.3 Å². The fraction of sp³-hybridized carbons (Fsp3) is 0.471. The molecule has 1 aliphatic rings. The second-order valence-electron chi connectivity index (χ2n) is 5.99. The van der Waals surface area contributed by atoms with Gasteiger partial charge in [0.2, 0.25) is 0 Å². The van der Waals surface area contributed by atoms with E-state index in [1.54, 1.807) is 0 Å². The lowest BCUT2D eigenvalue weighted by Crippen LogP contribution is -2.20. The van der Waals surface area contributed by atoms with Crippen LogP contribution in [-0.2, 0) is 0 Å². The highest BCUT2D eigenvalue weighted by Gasteiger charge is 2.15. The van der Waals surface area contributed by atoms with E-state index >= 15 is 0 Å². The Kier molecular flexibility index (Phi) is 4.25. The molecule has 0 bridgehead atoms. The molecule has 1 aliphatic heterocycles. The lowest BCUT2D eigenvalue weighted by molar-refractivity contribution is 0.425. The van der Waals surface area contributed by atoms with Crippen molar-refractivity contribution in [3.63, 3.8) is 0 Å². The van der Waals surface area contributed by atoms with Crippen molar-refractivity contribution in [2.24, 2.45) is 0 Å². The number of hydrogen-bond acceptors (Lipinski definition) is 4. The number of hydrogen-bond donors (Lipinski definition) is 1. The lowest BCUT2D eigenvalue weighted by atomic mass is 10.1. The summed E-state index contributed by atoms with van der Waals surface area (Å²) in [7, 11) is 4.19. The van der Waals surface area contributed by atoms with Crippen LogP contribution in [-0.4, -0.2) is 50.2 Å². The van der Waals surface area contributed by atoms with Crippen LogP contribution in [0.2, 0.25) is 0 Å². The SMILES string of the molecule is CN(C)CCNc1ccc2c(N3CCCC3)nccc2c1. The number of likely N-dealkylation sites (N-methyl/N-ethyl adjacent to an activating group) is 1. The molecule has 0 amide bonds. The summed E-state index contributed by atoms with van der Waals surface area (Å²) >= 11 is 0. The molecule has 1 fully saturated rings. The Balaban J connectivity index is 1.82. The first-order valence-corrected chi connectivity index (χ1v) is 7.76. The van der Waals surface area contributed by atoms with Crippen LogP contribution in [0.5, 0.6) is 0 Å². The van der Waals surface area contributed by atoms with Gasteiger partial charge in [-0.15, -0.1) is 0 Å². The standard InChI is InChI=1S/C17H24N4/c1-20(2)12-9-18-15-5-6-16-14(13-15)7-8-19-17(16)21-10-3-4-11-21/h5-8,13,18H,3-4,9-12H2,1-2H3. The van der Waals surface area contributed by atoms with Crippen molar-refractivity contribution in [3.8, 4) is 0 Å². The van der Waals surface area contributed by atoms with Crippen molar-refractivity contribution in [2.75, 3.05) is 50.5 Å². The first-order chi connectivity index (χ1) is 10.2. The molecule has 3 rings (SSSR count). The fourth-order valence-corrected chi connectivity index (χ4v) is 2.88. The Morgan fingerprint density at radius 1 is 1.19 bits per heavy atom. The molecule has 2 heterocycles. The summed E-state index contributed by atoms with van der Waals surface area (Å²) in [5.41, 5.74) is 1.18. The molecule has 1 aromatic carbocycles. The van der Waals surface area contributed by atoms with Gasteiger partial charge in [-0.05, 0) is 56.6 Å². The van der Waals surface area contributed by atoms with Gasteiger partial charge in [0.1, 0.15) is 5.82 Å². The molecule has 0 radical (unpaired) electrons. The number of nitrogens with zero attached hydrogens (tertiary/aromatic N) is 3. The maximum atomic E-state index is 4.60. The van der Waals surface area contributed by atoms with E-state index in [4.69, 9.17) is 0 Å². The second-order valence-corrected chi connectivity index (χ2v) is 5.99. The summed E-state index contributed by atoms with van der Waals surface area (Å²) in [5.74, 6) is 1.14. The molecule has 21 heavy (non-hydrogen) atoms. The third-order valence-electron chi connectivity index (χ3n) is 4.04. The minimum Gasteiger partial charge on any atom is -0.384 e. The highest BCUT2D eigenvalue weighted by atomic mass is 15.2. The molecule has 1 N–H and O–H groups in total. The zero-order valence-corrected chi connectivity index (χ0v) is 13.0. The maximum absolute atomic E-state index is 4.60. The molecule has 0 spiro atoms. The van der Waals surface area contributed by atoms with Crippen LogP contribution >= 0.6 is 0 Å². The molecular formula is C17H24N4. The summed E-state index contributed by atoms with van der Waals surface area (Å²) in [6.07, 6.45) is 4.49. The predicted molar refractivity (Wildman–Crippen MR) is 90.2 cm³/mol.